The van der Waals surface area contributed by atoms with Crippen LogP contribution in [0.2, 0.25) is 0 Å². The minimum atomic E-state index is 0. The van der Waals surface area contributed by atoms with Gasteiger partial charge in [0.05, 0.1) is 0 Å². The van der Waals surface area contributed by atoms with Crippen molar-refractivity contribution in [1.82, 2.24) is 0 Å². The summed E-state index contributed by atoms with van der Waals surface area (Å²) in [6, 6.07) is 0. The van der Waals surface area contributed by atoms with Crippen molar-refractivity contribution in [2.24, 2.45) is 0 Å². The molecule has 0 saturated carbocycles. The van der Waals surface area contributed by atoms with E-state index in [4.69, 9.17) is 0 Å². The molecule has 0 N–H and O–H groups in total. The predicted molar refractivity (Wildman–Crippen MR) is 7.98 cm³/mol. The van der Waals surface area contributed by atoms with Gasteiger partial charge in [-0.25, -0.2) is 0 Å². The molecule has 0 amide bonds. The van der Waals surface area contributed by atoms with E-state index in [1.165, 1.54) is 0 Å². The number of rotatable bonds is 0. The zero-order chi connectivity index (χ0) is 0. The van der Waals surface area contributed by atoms with E-state index in [2.05, 4.69) is 0 Å². The van der Waals surface area contributed by atoms with E-state index in [1.807, 2.05) is 0 Å². The van der Waals surface area contributed by atoms with Crippen LogP contribution in [0.3, 0.4) is 0 Å². The minimum Gasteiger partial charge on any atom is -1.00 e. The van der Waals surface area contributed by atoms with Gasteiger partial charge in [0.1, 0.15) is 0 Å². The first kappa shape index (κ1) is 31.5. The van der Waals surface area contributed by atoms with Crippen LogP contribution in [0.15, 0.2) is 0 Å². The van der Waals surface area contributed by atoms with Crippen molar-refractivity contribution in [1.29, 1.82) is 0 Å². The van der Waals surface area contributed by atoms with Crippen LogP contribution >= 0.6 is 0 Å². The van der Waals surface area contributed by atoms with E-state index < -0.39 is 0 Å². The molecular weight excluding hydrogens is 186 g/mol. The summed E-state index contributed by atoms with van der Waals surface area (Å²) >= 11 is 0. The van der Waals surface area contributed by atoms with E-state index in [0.29, 0.717) is 0 Å². The quantitative estimate of drug-likeness (QED) is 0.463. The Kier molecular flexibility index (Phi) is 141. The minimum absolute atomic E-state index is 0. The molecule has 0 fully saturated rings. The molecule has 0 unspecified atom stereocenters. The van der Waals surface area contributed by atoms with Gasteiger partial charge in [-0.05, 0) is 0 Å². The van der Waals surface area contributed by atoms with Crippen LogP contribution in [0.1, 0.15) is 2.85 Å². The maximum absolute atomic E-state index is 0. The Labute approximate surface area is 80.3 Å². The summed E-state index contributed by atoms with van der Waals surface area (Å²) in [6.07, 6.45) is 0. The maximum Gasteiger partial charge on any atom is 2.00 e. The van der Waals surface area contributed by atoms with Crippen molar-refractivity contribution < 1.29 is 58.1 Å². The van der Waals surface area contributed by atoms with Crippen molar-refractivity contribution in [3.05, 3.63) is 0 Å². The normalized spacial score (nSPS) is 0. The molecular formula is H2MgMnNiTi. The molecule has 0 aromatic heterocycles. The largest absolute Gasteiger partial charge is 2.00 e. The van der Waals surface area contributed by atoms with Crippen LogP contribution in [0.4, 0.5) is 0 Å². The van der Waals surface area contributed by atoms with Crippen molar-refractivity contribution in [3.8, 4) is 0 Å². The second-order valence-corrected chi connectivity index (χ2v) is 0. The standard InChI is InChI=1S/Mg.Mn.Ni.Ti.2H/q+2;;;;2*-1. The zero-order valence-corrected chi connectivity index (χ0v) is 7.05. The van der Waals surface area contributed by atoms with E-state index in [9.17, 15) is 0 Å². The Morgan fingerprint density at radius 3 is 1.25 bits per heavy atom. The molecule has 0 aliphatic carbocycles. The van der Waals surface area contributed by atoms with Crippen LogP contribution in [-0.4, -0.2) is 23.1 Å². The topological polar surface area (TPSA) is 0 Å². The van der Waals surface area contributed by atoms with Gasteiger partial charge in [0.25, 0.3) is 0 Å². The third-order valence-corrected chi connectivity index (χ3v) is 0. The Morgan fingerprint density at radius 2 is 1.25 bits per heavy atom. The van der Waals surface area contributed by atoms with Crippen LogP contribution < -0.4 is 0 Å². The fourth-order valence-electron chi connectivity index (χ4n) is 0. The third kappa shape index (κ3) is 8.82. The van der Waals surface area contributed by atoms with Gasteiger partial charge < -0.3 is 2.85 Å². The summed E-state index contributed by atoms with van der Waals surface area (Å²) in [5, 5.41) is 0. The molecule has 0 spiro atoms. The molecule has 0 saturated heterocycles. The first-order chi connectivity index (χ1) is 0. The van der Waals surface area contributed by atoms with Gasteiger partial charge in [0.2, 0.25) is 0 Å². The van der Waals surface area contributed by atoms with Crippen molar-refractivity contribution in [3.63, 3.8) is 0 Å². The van der Waals surface area contributed by atoms with Crippen LogP contribution in [-0.2, 0) is 55.3 Å². The summed E-state index contributed by atoms with van der Waals surface area (Å²) in [6.45, 7) is 0. The molecule has 0 atom stereocenters. The average Bonchev–Trinajstić information content (AvgIpc) is 0. The van der Waals surface area contributed by atoms with Gasteiger partial charge in [-0.15, -0.1) is 0 Å². The summed E-state index contributed by atoms with van der Waals surface area (Å²) in [7, 11) is 0. The Balaban J connectivity index is 0. The molecule has 0 rings (SSSR count). The molecule has 0 aromatic rings. The molecule has 1 radical (unpaired) electrons. The van der Waals surface area contributed by atoms with Crippen molar-refractivity contribution >= 4 is 23.1 Å². The van der Waals surface area contributed by atoms with E-state index in [1.54, 1.807) is 0 Å². The molecule has 0 aliphatic heterocycles. The number of hydrogen-bond donors (Lipinski definition) is 0. The SMILES string of the molecule is [H-].[H-].[Mg+2].[Mn].[Ni].[Ti]. The smallest absolute Gasteiger partial charge is 1.00 e. The zero-order valence-electron chi connectivity index (χ0n) is 3.90. The van der Waals surface area contributed by atoms with E-state index >= 15 is 0 Å². The maximum atomic E-state index is 0. The summed E-state index contributed by atoms with van der Waals surface area (Å²) in [5.41, 5.74) is 0. The summed E-state index contributed by atoms with van der Waals surface area (Å²) in [5.74, 6) is 0. The van der Waals surface area contributed by atoms with Gasteiger partial charge in [-0.1, -0.05) is 0 Å². The Bertz CT molecular complexity index is 13.5. The first-order valence-corrected chi connectivity index (χ1v) is 0. The van der Waals surface area contributed by atoms with E-state index in [-0.39, 0.29) is 81.2 Å². The predicted octanol–water partition coefficient (Wildman–Crippen LogP) is -0.163. The van der Waals surface area contributed by atoms with E-state index in [0.717, 1.165) is 0 Å². The third-order valence-electron chi connectivity index (χ3n) is 0. The molecule has 0 aliphatic rings. The monoisotopic (exact) mass is 187 g/mol. The van der Waals surface area contributed by atoms with Gasteiger partial charge in [-0.2, -0.15) is 0 Å². The molecule has 0 nitrogen and oxygen atoms in total. The van der Waals surface area contributed by atoms with Crippen LogP contribution in [0.25, 0.3) is 0 Å². The molecule has 4 heteroatoms. The molecule has 0 aromatic carbocycles. The van der Waals surface area contributed by atoms with Crippen LogP contribution in [0, 0.1) is 0 Å². The van der Waals surface area contributed by atoms with Crippen LogP contribution in [0.5, 0.6) is 0 Å². The van der Waals surface area contributed by atoms with Gasteiger partial charge in [0, 0.05) is 55.3 Å². The molecule has 0 bridgehead atoms. The van der Waals surface area contributed by atoms with Gasteiger partial charge in [-0.3, -0.25) is 0 Å². The Hall–Kier alpha value is 2.49. The molecule has 0 heterocycles. The number of hydrogen-bond acceptors (Lipinski definition) is 0. The second kappa shape index (κ2) is 17.8. The summed E-state index contributed by atoms with van der Waals surface area (Å²) in [4.78, 5) is 0. The second-order valence-electron chi connectivity index (χ2n) is 0. The molecule has 25 valence electrons. The van der Waals surface area contributed by atoms with Gasteiger partial charge in [0.15, 0.2) is 0 Å². The fraction of sp³-hybridized carbons (Fsp3) is 0. The van der Waals surface area contributed by atoms with Crippen molar-refractivity contribution in [2.75, 3.05) is 0 Å². The summed E-state index contributed by atoms with van der Waals surface area (Å²) < 4.78 is 0. The van der Waals surface area contributed by atoms with Gasteiger partial charge >= 0.3 is 23.1 Å². The first-order valence-electron chi connectivity index (χ1n) is 0. The molecule has 4 heavy (non-hydrogen) atoms. The average molecular weight is 188 g/mol. The fourth-order valence-corrected chi connectivity index (χ4v) is 0. The Morgan fingerprint density at radius 1 is 1.25 bits per heavy atom. The van der Waals surface area contributed by atoms with Crippen molar-refractivity contribution in [2.45, 2.75) is 0 Å².